The summed E-state index contributed by atoms with van der Waals surface area (Å²) >= 11 is 5.87. The zero-order chi connectivity index (χ0) is 62.8. The van der Waals surface area contributed by atoms with Gasteiger partial charge in [0.1, 0.15) is 34.0 Å². The highest BCUT2D eigenvalue weighted by atomic mass is 35.5. The van der Waals surface area contributed by atoms with Crippen LogP contribution in [0.15, 0.2) is 201 Å². The van der Waals surface area contributed by atoms with Gasteiger partial charge in [-0.15, -0.1) is 0 Å². The molecule has 23 heteroatoms. The molecular formula is C66H57ClN18O4. The van der Waals surface area contributed by atoms with E-state index in [0.29, 0.717) is 97.4 Å². The minimum Gasteiger partial charge on any atom is -0.439 e. The first kappa shape index (κ1) is 61.3. The number of anilines is 5. The normalized spacial score (nSPS) is 10.3. The molecule has 1 amide bonds. The van der Waals surface area contributed by atoms with Gasteiger partial charge in [0.15, 0.2) is 28.8 Å². The fourth-order valence-corrected chi connectivity index (χ4v) is 8.43. The number of primary amides is 1. The number of pyridine rings is 6. The van der Waals surface area contributed by atoms with Crippen molar-refractivity contribution in [3.05, 3.63) is 268 Å². The van der Waals surface area contributed by atoms with E-state index in [-0.39, 0.29) is 0 Å². The third kappa shape index (κ3) is 17.4. The van der Waals surface area contributed by atoms with Gasteiger partial charge < -0.3 is 36.3 Å². The Labute approximate surface area is 517 Å². The van der Waals surface area contributed by atoms with Crippen LogP contribution in [0.25, 0.3) is 27.1 Å². The summed E-state index contributed by atoms with van der Waals surface area (Å²) < 4.78 is 23.0. The summed E-state index contributed by atoms with van der Waals surface area (Å²) in [6.45, 7) is 25.2. The van der Waals surface area contributed by atoms with Crippen molar-refractivity contribution < 1.29 is 19.0 Å². The lowest BCUT2D eigenvalue weighted by atomic mass is 10.2. The molecule has 0 aliphatic carbocycles. The SMILES string of the molecule is Cc1cccc(-n2nc(C)cc2Oc2ccnc(Cl)c2)n1.Cc1cccc(-n2nc(C)cc2Oc2ccnc(Nc3cccc(C(N)=O)c3)c2)n1.[C-]#[N+]c1cccc(N)c1.[C-]#[N+]c1cccc(Nc2cc(Oc3cc(C)nn3-c3cccc(C)n3)ccn2)c1. The average Bonchev–Trinajstić information content (AvgIpc) is 1.97. The number of aromatic nitrogens is 12. The van der Waals surface area contributed by atoms with E-state index >= 15 is 0 Å². The number of nitrogens with one attached hydrogen (secondary N) is 2. The number of nitrogens with zero attached hydrogens (tertiary/aromatic N) is 14. The predicted molar refractivity (Wildman–Crippen MR) is 342 cm³/mol. The molecule has 442 valence electrons. The fraction of sp³-hybridized carbons (Fsp3) is 0.0909. The molecule has 22 nitrogen and oxygen atoms in total. The van der Waals surface area contributed by atoms with Crippen LogP contribution in [0.2, 0.25) is 5.15 Å². The van der Waals surface area contributed by atoms with Gasteiger partial charge >= 0.3 is 0 Å². The minimum atomic E-state index is -0.489. The maximum atomic E-state index is 11.4. The van der Waals surface area contributed by atoms with Crippen molar-refractivity contribution in [3.8, 4) is 52.3 Å². The van der Waals surface area contributed by atoms with Gasteiger partial charge in [-0.3, -0.25) is 4.79 Å². The number of ether oxygens (including phenoxy) is 3. The van der Waals surface area contributed by atoms with Crippen molar-refractivity contribution in [2.45, 2.75) is 41.5 Å². The Morgan fingerprint density at radius 2 is 0.854 bits per heavy atom. The molecule has 0 saturated heterocycles. The average molecular weight is 1200 g/mol. The Kier molecular flexibility index (Phi) is 20.0. The van der Waals surface area contributed by atoms with E-state index in [1.807, 2.05) is 133 Å². The Bertz CT molecular complexity index is 4530. The molecule has 9 heterocycles. The number of benzene rings is 3. The molecule has 0 unspecified atom stereocenters. The van der Waals surface area contributed by atoms with E-state index in [1.54, 1.807) is 124 Å². The van der Waals surface area contributed by atoms with Gasteiger partial charge in [0.2, 0.25) is 23.5 Å². The predicted octanol–water partition coefficient (Wildman–Crippen LogP) is 14.8. The number of carbonyl (C=O) groups excluding carboxylic acids is 1. The molecule has 0 radical (unpaired) electrons. The van der Waals surface area contributed by atoms with Gasteiger partial charge in [-0.05, 0) is 139 Å². The molecule has 0 aliphatic heterocycles. The monoisotopic (exact) mass is 1200 g/mol. The molecule has 12 aromatic rings. The number of amides is 1. The summed E-state index contributed by atoms with van der Waals surface area (Å²) in [5, 5.41) is 20.1. The minimum absolute atomic E-state index is 0.379. The number of aryl methyl sites for hydroxylation is 6. The molecule has 0 spiro atoms. The number of rotatable bonds is 14. The zero-order valence-corrected chi connectivity index (χ0v) is 49.7. The number of hydrogen-bond donors (Lipinski definition) is 4. The van der Waals surface area contributed by atoms with Crippen molar-refractivity contribution in [2.24, 2.45) is 5.73 Å². The van der Waals surface area contributed by atoms with E-state index in [4.69, 9.17) is 50.4 Å². The first-order valence-corrected chi connectivity index (χ1v) is 27.6. The molecule has 6 N–H and O–H groups in total. The first-order chi connectivity index (χ1) is 43.0. The van der Waals surface area contributed by atoms with Gasteiger partial charge in [0.05, 0.1) is 30.2 Å². The van der Waals surface area contributed by atoms with Crippen molar-refractivity contribution in [1.82, 2.24) is 59.2 Å². The van der Waals surface area contributed by atoms with Gasteiger partial charge in [0.25, 0.3) is 0 Å². The quantitative estimate of drug-likeness (QED) is 0.0448. The third-order valence-electron chi connectivity index (χ3n) is 12.2. The van der Waals surface area contributed by atoms with Gasteiger partial charge in [-0.25, -0.2) is 39.6 Å². The topological polar surface area (TPSA) is 260 Å². The van der Waals surface area contributed by atoms with Crippen LogP contribution in [0.3, 0.4) is 0 Å². The fourth-order valence-electron chi connectivity index (χ4n) is 8.27. The lowest BCUT2D eigenvalue weighted by Crippen LogP contribution is -2.10. The van der Waals surface area contributed by atoms with Crippen LogP contribution in [0, 0.1) is 54.7 Å². The Balaban J connectivity index is 0.000000150. The lowest BCUT2D eigenvalue weighted by Gasteiger charge is -2.11. The van der Waals surface area contributed by atoms with Crippen LogP contribution < -0.4 is 36.3 Å². The molecule has 89 heavy (non-hydrogen) atoms. The molecule has 12 rings (SSSR count). The van der Waals surface area contributed by atoms with E-state index < -0.39 is 5.91 Å². The van der Waals surface area contributed by atoms with Crippen LogP contribution in [-0.2, 0) is 0 Å². The summed E-state index contributed by atoms with van der Waals surface area (Å²) in [6, 6.07) is 54.3. The van der Waals surface area contributed by atoms with Gasteiger partial charge in [0, 0.05) is 94.7 Å². The van der Waals surface area contributed by atoms with E-state index in [0.717, 1.165) is 39.9 Å². The van der Waals surface area contributed by atoms with Crippen LogP contribution in [0.1, 0.15) is 44.5 Å². The smallest absolute Gasteiger partial charge is 0.248 e. The van der Waals surface area contributed by atoms with E-state index in [1.165, 1.54) is 0 Å². The highest BCUT2D eigenvalue weighted by Crippen LogP contribution is 2.31. The number of nitrogen functional groups attached to an aromatic ring is 1. The van der Waals surface area contributed by atoms with Crippen molar-refractivity contribution in [2.75, 3.05) is 16.4 Å². The van der Waals surface area contributed by atoms with Gasteiger partial charge in [-0.2, -0.15) is 29.3 Å². The summed E-state index contributed by atoms with van der Waals surface area (Å²) in [6.07, 6.45) is 4.89. The van der Waals surface area contributed by atoms with Crippen LogP contribution in [0.5, 0.6) is 34.9 Å². The second kappa shape index (κ2) is 29.0. The molecule has 3 aromatic carbocycles. The van der Waals surface area contributed by atoms with Crippen LogP contribution in [0.4, 0.5) is 40.1 Å². The largest absolute Gasteiger partial charge is 0.439 e. The molecule has 0 atom stereocenters. The second-order valence-electron chi connectivity index (χ2n) is 19.5. The van der Waals surface area contributed by atoms with Crippen LogP contribution >= 0.6 is 11.6 Å². The Hall–Kier alpha value is -12.3. The molecule has 0 saturated carbocycles. The maximum absolute atomic E-state index is 11.4. The highest BCUT2D eigenvalue weighted by molar-refractivity contribution is 6.29. The number of halogens is 1. The summed E-state index contributed by atoms with van der Waals surface area (Å²) in [5.74, 6) is 6.22. The molecule has 0 fully saturated rings. The summed E-state index contributed by atoms with van der Waals surface area (Å²) in [4.78, 5) is 44.1. The van der Waals surface area contributed by atoms with E-state index in [2.05, 4.69) is 65.5 Å². The maximum Gasteiger partial charge on any atom is 0.248 e. The second-order valence-corrected chi connectivity index (χ2v) is 19.8. The van der Waals surface area contributed by atoms with Crippen molar-refractivity contribution in [3.63, 3.8) is 0 Å². The number of carbonyl (C=O) groups is 1. The Morgan fingerprint density at radius 3 is 1.26 bits per heavy atom. The molecule has 0 bridgehead atoms. The molecular weight excluding hydrogens is 1140 g/mol. The highest BCUT2D eigenvalue weighted by Gasteiger charge is 2.16. The summed E-state index contributed by atoms with van der Waals surface area (Å²) in [5.41, 5.74) is 19.6. The molecule has 9 aromatic heterocycles. The van der Waals surface area contributed by atoms with Crippen molar-refractivity contribution in [1.29, 1.82) is 0 Å². The van der Waals surface area contributed by atoms with E-state index in [9.17, 15) is 4.79 Å². The standard InChI is InChI=1S/C22H20N6O2.C22H18N6O.C15H13ClN4O.C7H6N2/c1-14-5-3-8-20(25-14)28-21(11-15(2)27-28)30-18-9-10-24-19(13-18)26-17-7-4-6-16(12-17)22(23)29;1-15-6-4-9-21(25-15)28-22(12-16(2)27-28)29-19-10-11-24-20(14-19)26-18-8-5-7-17(13-18)23-3;1-10-4-3-5-14(18-10)20-15(8-11(2)19-20)21-12-6-7-17-13(16)9-12;1-9-7-4-2-3-6(8)5-7/h3-13H,1-2H3,(H2,23,29)(H,24,26);4-14H,1-2H3,(H,24,26);3-9H,1-2H3;2-5H,8H2. The number of hydrogen-bond acceptors (Lipinski definition) is 16. The number of nitrogens with two attached hydrogens (primary N) is 2. The van der Waals surface area contributed by atoms with Gasteiger partial charge in [-0.1, -0.05) is 60.1 Å². The zero-order valence-electron chi connectivity index (χ0n) is 49.0. The first-order valence-electron chi connectivity index (χ1n) is 27.3. The summed E-state index contributed by atoms with van der Waals surface area (Å²) in [7, 11) is 0. The van der Waals surface area contributed by atoms with Crippen LogP contribution in [-0.4, -0.2) is 65.2 Å². The van der Waals surface area contributed by atoms with Crippen molar-refractivity contribution >= 4 is 57.6 Å². The third-order valence-corrected chi connectivity index (χ3v) is 12.4. The molecule has 0 aliphatic rings. The Morgan fingerprint density at radius 1 is 0.461 bits per heavy atom. The lowest BCUT2D eigenvalue weighted by molar-refractivity contribution is 0.1000.